The monoisotopic (exact) mass is 235 g/mol. The minimum atomic E-state index is 0.585. The highest BCUT2D eigenvalue weighted by atomic mass is 35.5. The van der Waals surface area contributed by atoms with Gasteiger partial charge in [0.1, 0.15) is 5.82 Å². The number of fused-ring (bicyclic) bond motifs is 1. The highest BCUT2D eigenvalue weighted by Crippen LogP contribution is 2.16. The van der Waals surface area contributed by atoms with Crippen molar-refractivity contribution >= 4 is 17.1 Å². The summed E-state index contributed by atoms with van der Waals surface area (Å²) in [5, 5.41) is 4.25. The summed E-state index contributed by atoms with van der Waals surface area (Å²) in [6.45, 7) is 1.14. The Kier molecular flexibility index (Phi) is 2.58. The number of rotatable bonds is 2. The van der Waals surface area contributed by atoms with E-state index >= 15 is 0 Å². The van der Waals surface area contributed by atoms with E-state index in [1.54, 1.807) is 0 Å². The smallest absolute Gasteiger partial charge is 0.114 e. The number of hydrogen-bond acceptors (Lipinski definition) is 2. The molecule has 0 bridgehead atoms. The van der Waals surface area contributed by atoms with Crippen molar-refractivity contribution in [2.24, 2.45) is 0 Å². The summed E-state index contributed by atoms with van der Waals surface area (Å²) in [6, 6.07) is 4.43. The average molecular weight is 236 g/mol. The lowest BCUT2D eigenvalue weighted by Gasteiger charge is -2.08. The van der Waals surface area contributed by atoms with Gasteiger partial charge in [0.05, 0.1) is 11.7 Å². The lowest BCUT2D eigenvalue weighted by molar-refractivity contribution is 0.584. The normalized spacial score (nSPS) is 20.7. The van der Waals surface area contributed by atoms with Gasteiger partial charge in [-0.2, -0.15) is 0 Å². The number of nitrogens with one attached hydrogen (secondary N) is 1. The molecule has 3 nitrogen and oxygen atoms in total. The van der Waals surface area contributed by atoms with Crippen molar-refractivity contribution in [2.75, 3.05) is 6.54 Å². The maximum absolute atomic E-state index is 5.94. The molecule has 1 aliphatic rings. The van der Waals surface area contributed by atoms with Crippen LogP contribution in [0, 0.1) is 0 Å². The molecular formula is C12H14ClN3. The Morgan fingerprint density at radius 2 is 2.50 bits per heavy atom. The fraction of sp³-hybridized carbons (Fsp3) is 0.417. The van der Waals surface area contributed by atoms with Gasteiger partial charge in [0.15, 0.2) is 0 Å². The fourth-order valence-corrected chi connectivity index (χ4v) is 2.50. The predicted octanol–water partition coefficient (Wildman–Crippen LogP) is 2.28. The maximum Gasteiger partial charge on any atom is 0.114 e. The molecule has 0 spiro atoms. The molecule has 1 fully saturated rings. The van der Waals surface area contributed by atoms with Gasteiger partial charge in [0, 0.05) is 23.7 Å². The number of pyridine rings is 1. The van der Waals surface area contributed by atoms with Gasteiger partial charge in [0.25, 0.3) is 0 Å². The van der Waals surface area contributed by atoms with Crippen LogP contribution in [0.25, 0.3) is 5.52 Å². The summed E-state index contributed by atoms with van der Waals surface area (Å²) in [6.07, 6.45) is 7.41. The van der Waals surface area contributed by atoms with Crippen molar-refractivity contribution in [2.45, 2.75) is 25.3 Å². The Bertz CT molecular complexity index is 500. The van der Waals surface area contributed by atoms with Crippen molar-refractivity contribution in [3.05, 3.63) is 35.4 Å². The lowest BCUT2D eigenvalue weighted by atomic mass is 10.1. The molecule has 4 heteroatoms. The van der Waals surface area contributed by atoms with Crippen LogP contribution in [0.1, 0.15) is 18.7 Å². The number of aromatic nitrogens is 2. The number of nitrogens with zero attached hydrogens (tertiary/aromatic N) is 2. The minimum absolute atomic E-state index is 0.585. The molecule has 0 saturated carbocycles. The van der Waals surface area contributed by atoms with Gasteiger partial charge >= 0.3 is 0 Å². The molecule has 1 N–H and O–H groups in total. The van der Waals surface area contributed by atoms with Gasteiger partial charge < -0.3 is 9.72 Å². The minimum Gasteiger partial charge on any atom is -0.314 e. The van der Waals surface area contributed by atoms with Crippen LogP contribution < -0.4 is 5.32 Å². The molecule has 2 aromatic rings. The molecule has 16 heavy (non-hydrogen) atoms. The van der Waals surface area contributed by atoms with E-state index in [9.17, 15) is 0 Å². The van der Waals surface area contributed by atoms with Crippen molar-refractivity contribution < 1.29 is 0 Å². The molecule has 1 saturated heterocycles. The highest BCUT2D eigenvalue weighted by molar-refractivity contribution is 6.30. The molecule has 84 valence electrons. The van der Waals surface area contributed by atoms with E-state index in [2.05, 4.69) is 14.7 Å². The molecule has 0 aromatic carbocycles. The summed E-state index contributed by atoms with van der Waals surface area (Å²) in [5.74, 6) is 1.12. The zero-order valence-corrected chi connectivity index (χ0v) is 9.74. The summed E-state index contributed by atoms with van der Waals surface area (Å²) in [7, 11) is 0. The highest BCUT2D eigenvalue weighted by Gasteiger charge is 2.16. The van der Waals surface area contributed by atoms with Gasteiger partial charge in [-0.25, -0.2) is 4.98 Å². The largest absolute Gasteiger partial charge is 0.314 e. The van der Waals surface area contributed by atoms with E-state index in [-0.39, 0.29) is 0 Å². The van der Waals surface area contributed by atoms with E-state index in [1.165, 1.54) is 12.8 Å². The Hall–Kier alpha value is -1.06. The average Bonchev–Trinajstić information content (AvgIpc) is 2.89. The topological polar surface area (TPSA) is 29.3 Å². The second-order valence-electron chi connectivity index (χ2n) is 4.31. The number of imidazole rings is 1. The van der Waals surface area contributed by atoms with E-state index in [0.717, 1.165) is 29.3 Å². The first-order valence-electron chi connectivity index (χ1n) is 5.68. The van der Waals surface area contributed by atoms with Crippen LogP contribution >= 0.6 is 11.6 Å². The second kappa shape index (κ2) is 4.07. The number of hydrogen-bond donors (Lipinski definition) is 1. The van der Waals surface area contributed by atoms with Crippen molar-refractivity contribution in [1.82, 2.24) is 14.7 Å². The summed E-state index contributed by atoms with van der Waals surface area (Å²) in [5.41, 5.74) is 1.07. The van der Waals surface area contributed by atoms with Gasteiger partial charge in [0.2, 0.25) is 0 Å². The van der Waals surface area contributed by atoms with Gasteiger partial charge in [-0.05, 0) is 31.5 Å². The van der Waals surface area contributed by atoms with Crippen molar-refractivity contribution in [1.29, 1.82) is 0 Å². The molecular weight excluding hydrogens is 222 g/mol. The first-order valence-corrected chi connectivity index (χ1v) is 6.05. The van der Waals surface area contributed by atoms with E-state index < -0.39 is 0 Å². The first kappa shape index (κ1) is 10.1. The van der Waals surface area contributed by atoms with Crippen molar-refractivity contribution in [3.63, 3.8) is 0 Å². The Labute approximate surface area is 99.4 Å². The SMILES string of the molecule is Clc1ccn2c(CC3CCCN3)ncc2c1. The zero-order chi connectivity index (χ0) is 11.0. The molecule has 1 atom stereocenters. The molecule has 3 heterocycles. The van der Waals surface area contributed by atoms with E-state index in [0.29, 0.717) is 6.04 Å². The van der Waals surface area contributed by atoms with Crippen molar-refractivity contribution in [3.8, 4) is 0 Å². The van der Waals surface area contributed by atoms with Gasteiger partial charge in [-0.15, -0.1) is 0 Å². The lowest BCUT2D eigenvalue weighted by Crippen LogP contribution is -2.24. The zero-order valence-electron chi connectivity index (χ0n) is 8.99. The van der Waals surface area contributed by atoms with E-state index in [1.807, 2.05) is 24.5 Å². The summed E-state index contributed by atoms with van der Waals surface area (Å²) >= 11 is 5.94. The molecule has 0 amide bonds. The van der Waals surface area contributed by atoms with Crippen LogP contribution in [0.2, 0.25) is 5.02 Å². The Morgan fingerprint density at radius 3 is 3.31 bits per heavy atom. The quantitative estimate of drug-likeness (QED) is 0.866. The van der Waals surface area contributed by atoms with E-state index in [4.69, 9.17) is 11.6 Å². The van der Waals surface area contributed by atoms with Crippen LogP contribution in [0.15, 0.2) is 24.5 Å². The molecule has 1 unspecified atom stereocenters. The van der Waals surface area contributed by atoms with Crippen LogP contribution in [0.5, 0.6) is 0 Å². The maximum atomic E-state index is 5.94. The van der Waals surface area contributed by atoms with Gasteiger partial charge in [-0.3, -0.25) is 0 Å². The number of halogens is 1. The summed E-state index contributed by atoms with van der Waals surface area (Å²) < 4.78 is 2.12. The molecule has 0 radical (unpaired) electrons. The van der Waals surface area contributed by atoms with Crippen LogP contribution in [0.4, 0.5) is 0 Å². The third-order valence-electron chi connectivity index (χ3n) is 3.16. The Balaban J connectivity index is 1.91. The first-order chi connectivity index (χ1) is 7.83. The van der Waals surface area contributed by atoms with Crippen LogP contribution in [0.3, 0.4) is 0 Å². The molecule has 1 aliphatic heterocycles. The second-order valence-corrected chi connectivity index (χ2v) is 4.75. The fourth-order valence-electron chi connectivity index (χ4n) is 2.33. The van der Waals surface area contributed by atoms with Crippen LogP contribution in [-0.2, 0) is 6.42 Å². The summed E-state index contributed by atoms with van der Waals surface area (Å²) in [4.78, 5) is 4.46. The molecule has 2 aromatic heterocycles. The van der Waals surface area contributed by atoms with Crippen LogP contribution in [-0.4, -0.2) is 22.0 Å². The third kappa shape index (κ3) is 1.81. The predicted molar refractivity (Wildman–Crippen MR) is 64.9 cm³/mol. The molecule has 3 rings (SSSR count). The standard InChI is InChI=1S/C12H14ClN3/c13-9-3-5-16-11(6-9)8-15-12(16)7-10-2-1-4-14-10/h3,5-6,8,10,14H,1-2,4,7H2. The molecule has 0 aliphatic carbocycles. The third-order valence-corrected chi connectivity index (χ3v) is 3.40. The Morgan fingerprint density at radius 1 is 1.56 bits per heavy atom. The van der Waals surface area contributed by atoms with Gasteiger partial charge in [-0.1, -0.05) is 11.6 Å².